The molecule has 1 atom stereocenters. The molecule has 0 bridgehead atoms. The minimum absolute atomic E-state index is 0.0627. The van der Waals surface area contributed by atoms with Gasteiger partial charge >= 0.3 is 0 Å². The Hall–Kier alpha value is -3.16. The molecule has 8 nitrogen and oxygen atoms in total. The molecule has 27 heavy (non-hydrogen) atoms. The number of pyridine rings is 1. The van der Waals surface area contributed by atoms with E-state index < -0.39 is 0 Å². The number of hydrogen-bond acceptors (Lipinski definition) is 7. The Morgan fingerprint density at radius 3 is 2.96 bits per heavy atom. The molecule has 1 fully saturated rings. The van der Waals surface area contributed by atoms with E-state index in [4.69, 9.17) is 4.52 Å². The van der Waals surface area contributed by atoms with E-state index in [1.54, 1.807) is 18.6 Å². The van der Waals surface area contributed by atoms with Gasteiger partial charge < -0.3 is 9.42 Å². The third-order valence-electron chi connectivity index (χ3n) is 4.69. The second-order valence-electron chi connectivity index (χ2n) is 6.61. The van der Waals surface area contributed by atoms with Crippen LogP contribution in [0.3, 0.4) is 0 Å². The van der Waals surface area contributed by atoms with Crippen LogP contribution in [0.1, 0.15) is 41.3 Å². The highest BCUT2D eigenvalue weighted by Crippen LogP contribution is 2.23. The number of aromatic nitrogens is 5. The summed E-state index contributed by atoms with van der Waals surface area (Å²) in [5.74, 6) is 0.984. The largest absolute Gasteiger partial charge is 0.334 e. The molecule has 0 radical (unpaired) electrons. The Morgan fingerprint density at radius 1 is 1.26 bits per heavy atom. The number of amides is 1. The normalized spacial score (nSPS) is 16.6. The lowest BCUT2D eigenvalue weighted by Crippen LogP contribution is -2.36. The van der Waals surface area contributed by atoms with Gasteiger partial charge in [-0.15, -0.1) is 0 Å². The van der Waals surface area contributed by atoms with Crippen LogP contribution >= 0.6 is 0 Å². The zero-order valence-electron chi connectivity index (χ0n) is 15.1. The molecule has 0 aliphatic carbocycles. The summed E-state index contributed by atoms with van der Waals surface area (Å²) in [6, 6.07) is 5.70. The van der Waals surface area contributed by atoms with E-state index in [0.29, 0.717) is 29.5 Å². The van der Waals surface area contributed by atoms with Crippen molar-refractivity contribution in [2.75, 3.05) is 6.54 Å². The number of nitrogens with zero attached hydrogens (tertiary/aromatic N) is 6. The molecule has 4 rings (SSSR count). The van der Waals surface area contributed by atoms with Crippen LogP contribution in [-0.4, -0.2) is 48.5 Å². The van der Waals surface area contributed by atoms with E-state index in [2.05, 4.69) is 25.1 Å². The molecule has 138 valence electrons. The van der Waals surface area contributed by atoms with E-state index in [1.807, 2.05) is 30.0 Å². The predicted octanol–water partition coefficient (Wildman–Crippen LogP) is 2.47. The molecule has 1 aliphatic heterocycles. The Labute approximate surface area is 156 Å². The van der Waals surface area contributed by atoms with Gasteiger partial charge in [-0.25, -0.2) is 4.98 Å². The summed E-state index contributed by atoms with van der Waals surface area (Å²) < 4.78 is 5.30. The lowest BCUT2D eigenvalue weighted by Gasteiger charge is -2.23. The average molecular weight is 364 g/mol. The Bertz CT molecular complexity index is 909. The number of hydrogen-bond donors (Lipinski definition) is 0. The second-order valence-corrected chi connectivity index (χ2v) is 6.61. The van der Waals surface area contributed by atoms with Crippen molar-refractivity contribution in [1.82, 2.24) is 30.0 Å². The predicted molar refractivity (Wildman–Crippen MR) is 96.7 cm³/mol. The molecular weight excluding hydrogens is 344 g/mol. The van der Waals surface area contributed by atoms with E-state index in [-0.39, 0.29) is 11.9 Å². The van der Waals surface area contributed by atoms with Gasteiger partial charge in [-0.3, -0.25) is 14.8 Å². The zero-order valence-corrected chi connectivity index (χ0v) is 15.1. The monoisotopic (exact) mass is 364 g/mol. The summed E-state index contributed by atoms with van der Waals surface area (Å²) in [7, 11) is 0. The summed E-state index contributed by atoms with van der Waals surface area (Å²) in [5, 5.41) is 4.04. The molecule has 1 saturated heterocycles. The molecule has 1 amide bonds. The van der Waals surface area contributed by atoms with Crippen molar-refractivity contribution in [3.63, 3.8) is 0 Å². The molecule has 1 aliphatic rings. The summed E-state index contributed by atoms with van der Waals surface area (Å²) in [4.78, 5) is 31.6. The van der Waals surface area contributed by atoms with Gasteiger partial charge in [-0.1, -0.05) is 11.2 Å². The van der Waals surface area contributed by atoms with E-state index in [9.17, 15) is 4.79 Å². The SMILES string of the molecule is Cc1cnc(C(=O)N2CCCC2CCc2noc(-c3ccccn3)n2)cn1. The summed E-state index contributed by atoms with van der Waals surface area (Å²) in [6.07, 6.45) is 8.24. The van der Waals surface area contributed by atoms with Gasteiger partial charge in [0.05, 0.1) is 11.9 Å². The van der Waals surface area contributed by atoms with Crippen LogP contribution in [0.2, 0.25) is 0 Å². The third kappa shape index (κ3) is 3.84. The number of aryl methyl sites for hydroxylation is 2. The van der Waals surface area contributed by atoms with Gasteiger partial charge in [-0.05, 0) is 38.3 Å². The van der Waals surface area contributed by atoms with Crippen molar-refractivity contribution in [2.24, 2.45) is 0 Å². The van der Waals surface area contributed by atoms with Crippen LogP contribution in [0, 0.1) is 6.92 Å². The van der Waals surface area contributed by atoms with Crippen molar-refractivity contribution in [3.05, 3.63) is 54.0 Å². The van der Waals surface area contributed by atoms with Gasteiger partial charge in [0.2, 0.25) is 0 Å². The minimum atomic E-state index is -0.0627. The van der Waals surface area contributed by atoms with Crippen LogP contribution in [0.4, 0.5) is 0 Å². The maximum atomic E-state index is 12.7. The molecule has 1 unspecified atom stereocenters. The first-order chi connectivity index (χ1) is 13.2. The van der Waals surface area contributed by atoms with Crippen LogP contribution in [0.25, 0.3) is 11.6 Å². The molecule has 3 aromatic heterocycles. The number of rotatable bonds is 5. The summed E-state index contributed by atoms with van der Waals surface area (Å²) in [5.41, 5.74) is 1.85. The first-order valence-electron chi connectivity index (χ1n) is 9.04. The average Bonchev–Trinajstić information content (AvgIpc) is 3.36. The Kier molecular flexibility index (Phi) is 4.86. The first kappa shape index (κ1) is 17.3. The van der Waals surface area contributed by atoms with E-state index in [0.717, 1.165) is 31.5 Å². The van der Waals surface area contributed by atoms with Gasteiger partial charge in [0, 0.05) is 31.4 Å². The molecule has 0 N–H and O–H groups in total. The quantitative estimate of drug-likeness (QED) is 0.686. The topological polar surface area (TPSA) is 97.9 Å². The third-order valence-corrected chi connectivity index (χ3v) is 4.69. The Balaban J connectivity index is 1.40. The standard InChI is InChI=1S/C19H20N6O2/c1-13-11-22-16(12-21-13)19(26)25-10-4-5-14(25)7-8-17-23-18(27-24-17)15-6-2-3-9-20-15/h2-3,6,9,11-12,14H,4-5,7-8,10H2,1H3. The van der Waals surface area contributed by atoms with Crippen molar-refractivity contribution in [3.8, 4) is 11.6 Å². The zero-order chi connectivity index (χ0) is 18.6. The smallest absolute Gasteiger partial charge is 0.276 e. The van der Waals surface area contributed by atoms with Crippen LogP contribution in [0.15, 0.2) is 41.3 Å². The molecule has 0 saturated carbocycles. The highest BCUT2D eigenvalue weighted by molar-refractivity contribution is 5.92. The molecule has 0 spiro atoms. The van der Waals surface area contributed by atoms with Gasteiger partial charge in [0.25, 0.3) is 11.8 Å². The van der Waals surface area contributed by atoms with Crippen molar-refractivity contribution >= 4 is 5.91 Å². The molecule has 3 aromatic rings. The maximum absolute atomic E-state index is 12.7. The molecular formula is C19H20N6O2. The minimum Gasteiger partial charge on any atom is -0.334 e. The lowest BCUT2D eigenvalue weighted by atomic mass is 10.1. The number of carbonyl (C=O) groups is 1. The Morgan fingerprint density at radius 2 is 2.19 bits per heavy atom. The molecule has 8 heteroatoms. The summed E-state index contributed by atoms with van der Waals surface area (Å²) in [6.45, 7) is 2.59. The fourth-order valence-electron chi connectivity index (χ4n) is 3.30. The van der Waals surface area contributed by atoms with E-state index in [1.165, 1.54) is 0 Å². The number of carbonyl (C=O) groups excluding carboxylic acids is 1. The van der Waals surface area contributed by atoms with Crippen LogP contribution in [-0.2, 0) is 6.42 Å². The highest BCUT2D eigenvalue weighted by Gasteiger charge is 2.30. The molecule has 4 heterocycles. The summed E-state index contributed by atoms with van der Waals surface area (Å²) >= 11 is 0. The van der Waals surface area contributed by atoms with Gasteiger partial charge in [-0.2, -0.15) is 4.98 Å². The molecule has 0 aromatic carbocycles. The lowest BCUT2D eigenvalue weighted by molar-refractivity contribution is 0.0723. The van der Waals surface area contributed by atoms with Crippen molar-refractivity contribution in [2.45, 2.75) is 38.6 Å². The second kappa shape index (κ2) is 7.61. The van der Waals surface area contributed by atoms with Crippen LogP contribution < -0.4 is 0 Å². The van der Waals surface area contributed by atoms with Crippen molar-refractivity contribution in [1.29, 1.82) is 0 Å². The fourth-order valence-corrected chi connectivity index (χ4v) is 3.30. The fraction of sp³-hybridized carbons (Fsp3) is 0.368. The van der Waals surface area contributed by atoms with E-state index >= 15 is 0 Å². The highest BCUT2D eigenvalue weighted by atomic mass is 16.5. The van der Waals surface area contributed by atoms with Gasteiger partial charge in [0.1, 0.15) is 11.4 Å². The number of likely N-dealkylation sites (tertiary alicyclic amines) is 1. The van der Waals surface area contributed by atoms with Gasteiger partial charge in [0.15, 0.2) is 5.82 Å². The van der Waals surface area contributed by atoms with Crippen molar-refractivity contribution < 1.29 is 9.32 Å². The maximum Gasteiger partial charge on any atom is 0.276 e. The first-order valence-corrected chi connectivity index (χ1v) is 9.04. The van der Waals surface area contributed by atoms with Crippen LogP contribution in [0.5, 0.6) is 0 Å².